The number of hydrogen-bond acceptors (Lipinski definition) is 3. The van der Waals surface area contributed by atoms with Crippen LogP contribution in [0.4, 0.5) is 0 Å². The van der Waals surface area contributed by atoms with Crippen molar-refractivity contribution in [3.63, 3.8) is 0 Å². The van der Waals surface area contributed by atoms with Crippen LogP contribution in [-0.2, 0) is 4.74 Å². The summed E-state index contributed by atoms with van der Waals surface area (Å²) in [6.45, 7) is 2.23. The molecule has 17 heavy (non-hydrogen) atoms. The quantitative estimate of drug-likeness (QED) is 0.801. The summed E-state index contributed by atoms with van der Waals surface area (Å²) in [6.07, 6.45) is 1.99. The van der Waals surface area contributed by atoms with Crippen LogP contribution in [0.2, 0.25) is 0 Å². The maximum absolute atomic E-state index is 11.7. The summed E-state index contributed by atoms with van der Waals surface area (Å²) in [7, 11) is 0. The third-order valence-electron chi connectivity index (χ3n) is 2.88. The predicted molar refractivity (Wildman–Crippen MR) is 62.9 cm³/mol. The van der Waals surface area contributed by atoms with Gasteiger partial charge in [0.15, 0.2) is 0 Å². The van der Waals surface area contributed by atoms with Gasteiger partial charge in [-0.2, -0.15) is 0 Å². The minimum atomic E-state index is -0.262. The van der Waals surface area contributed by atoms with Gasteiger partial charge in [0.05, 0.1) is 0 Å². The summed E-state index contributed by atoms with van der Waals surface area (Å²) in [5.41, 5.74) is 0.0435. The van der Waals surface area contributed by atoms with Crippen LogP contribution >= 0.6 is 0 Å². The van der Waals surface area contributed by atoms with Crippen molar-refractivity contribution in [3.05, 3.63) is 34.2 Å². The lowest BCUT2D eigenvalue weighted by Crippen LogP contribution is -2.28. The van der Waals surface area contributed by atoms with Gasteiger partial charge in [-0.05, 0) is 24.8 Å². The molecule has 1 fully saturated rings. The number of amides is 1. The fraction of sp³-hybridized carbons (Fsp3) is 0.500. The Morgan fingerprint density at radius 2 is 2.41 bits per heavy atom. The number of hydrogen-bond donors (Lipinski definition) is 2. The molecule has 5 heteroatoms. The fourth-order valence-corrected chi connectivity index (χ4v) is 1.88. The molecule has 0 aliphatic carbocycles. The number of pyridine rings is 1. The first-order valence-corrected chi connectivity index (χ1v) is 5.81. The Kier molecular flexibility index (Phi) is 3.93. The standard InChI is InChI=1S/C12H16N2O3/c15-11-3-1-2-10(14-11)12(16)13-6-4-9-5-7-17-8-9/h1-3,9H,4-8H2,(H,13,16)(H,14,15). The third-order valence-corrected chi connectivity index (χ3v) is 2.88. The van der Waals surface area contributed by atoms with E-state index in [9.17, 15) is 9.59 Å². The second kappa shape index (κ2) is 5.63. The molecule has 92 valence electrons. The van der Waals surface area contributed by atoms with Crippen molar-refractivity contribution < 1.29 is 9.53 Å². The molecule has 0 radical (unpaired) electrons. The smallest absolute Gasteiger partial charge is 0.267 e. The Bertz CT molecular complexity index is 435. The van der Waals surface area contributed by atoms with Gasteiger partial charge in [-0.1, -0.05) is 6.07 Å². The van der Waals surface area contributed by atoms with E-state index in [0.717, 1.165) is 26.1 Å². The molecular weight excluding hydrogens is 220 g/mol. The molecule has 0 spiro atoms. The summed E-state index contributed by atoms with van der Waals surface area (Å²) in [6, 6.07) is 4.54. The average Bonchev–Trinajstić information content (AvgIpc) is 2.82. The molecule has 1 saturated heterocycles. The van der Waals surface area contributed by atoms with Crippen LogP contribution in [0.3, 0.4) is 0 Å². The Hall–Kier alpha value is -1.62. The van der Waals surface area contributed by atoms with E-state index in [4.69, 9.17) is 4.74 Å². The number of H-pyrrole nitrogens is 1. The third kappa shape index (κ3) is 3.42. The van der Waals surface area contributed by atoms with Crippen LogP contribution < -0.4 is 10.9 Å². The van der Waals surface area contributed by atoms with Crippen LogP contribution in [0, 0.1) is 5.92 Å². The zero-order valence-electron chi connectivity index (χ0n) is 9.57. The number of rotatable bonds is 4. The van der Waals surface area contributed by atoms with Gasteiger partial charge in [-0.15, -0.1) is 0 Å². The number of carbonyl (C=O) groups excluding carboxylic acids is 1. The van der Waals surface area contributed by atoms with Gasteiger partial charge < -0.3 is 15.0 Å². The van der Waals surface area contributed by atoms with Crippen molar-refractivity contribution in [2.24, 2.45) is 5.92 Å². The summed E-state index contributed by atoms with van der Waals surface area (Å²) < 4.78 is 5.25. The summed E-state index contributed by atoms with van der Waals surface area (Å²) in [4.78, 5) is 25.2. The number of nitrogens with one attached hydrogen (secondary N) is 2. The van der Waals surface area contributed by atoms with Crippen molar-refractivity contribution in [1.82, 2.24) is 10.3 Å². The zero-order valence-corrected chi connectivity index (χ0v) is 9.57. The lowest BCUT2D eigenvalue weighted by molar-refractivity contribution is 0.0945. The molecule has 1 aliphatic heterocycles. The van der Waals surface area contributed by atoms with Crippen LogP contribution in [0.1, 0.15) is 23.3 Å². The number of ether oxygens (including phenoxy) is 1. The van der Waals surface area contributed by atoms with E-state index in [-0.39, 0.29) is 11.5 Å². The highest BCUT2D eigenvalue weighted by atomic mass is 16.5. The SMILES string of the molecule is O=C(NCCC1CCOC1)c1cccc(=O)[nH]1. The van der Waals surface area contributed by atoms with E-state index < -0.39 is 0 Å². The van der Waals surface area contributed by atoms with Crippen LogP contribution in [0.5, 0.6) is 0 Å². The normalized spacial score (nSPS) is 19.2. The second-order valence-electron chi connectivity index (χ2n) is 4.20. The molecule has 1 unspecified atom stereocenters. The zero-order chi connectivity index (χ0) is 12.1. The van der Waals surface area contributed by atoms with Crippen LogP contribution in [0.15, 0.2) is 23.0 Å². The predicted octanol–water partition coefficient (Wildman–Crippen LogP) is 0.531. The highest BCUT2D eigenvalue weighted by molar-refractivity contribution is 5.92. The van der Waals surface area contributed by atoms with E-state index in [1.165, 1.54) is 6.07 Å². The number of aromatic amines is 1. The molecule has 1 atom stereocenters. The van der Waals surface area contributed by atoms with E-state index >= 15 is 0 Å². The topological polar surface area (TPSA) is 71.2 Å². The minimum Gasteiger partial charge on any atom is -0.381 e. The van der Waals surface area contributed by atoms with E-state index in [1.807, 2.05) is 0 Å². The van der Waals surface area contributed by atoms with Gasteiger partial charge in [0.25, 0.3) is 5.91 Å². The Labute approximate surface area is 99.2 Å². The van der Waals surface area contributed by atoms with E-state index in [2.05, 4.69) is 10.3 Å². The van der Waals surface area contributed by atoms with Crippen LogP contribution in [-0.4, -0.2) is 30.6 Å². The Morgan fingerprint density at radius 3 is 3.12 bits per heavy atom. The summed E-state index contributed by atoms with van der Waals surface area (Å²) >= 11 is 0. The van der Waals surface area contributed by atoms with Gasteiger partial charge >= 0.3 is 0 Å². The molecule has 1 aromatic rings. The van der Waals surface area contributed by atoms with E-state index in [1.54, 1.807) is 12.1 Å². The van der Waals surface area contributed by atoms with Crippen molar-refractivity contribution in [1.29, 1.82) is 0 Å². The fourth-order valence-electron chi connectivity index (χ4n) is 1.88. The molecule has 0 aromatic carbocycles. The first-order chi connectivity index (χ1) is 8.25. The lowest BCUT2D eigenvalue weighted by Gasteiger charge is -2.08. The molecule has 2 N–H and O–H groups in total. The van der Waals surface area contributed by atoms with Crippen LogP contribution in [0.25, 0.3) is 0 Å². The van der Waals surface area contributed by atoms with Gasteiger partial charge in [-0.3, -0.25) is 9.59 Å². The van der Waals surface area contributed by atoms with Gasteiger partial charge in [0.1, 0.15) is 5.69 Å². The first-order valence-electron chi connectivity index (χ1n) is 5.81. The Morgan fingerprint density at radius 1 is 1.53 bits per heavy atom. The van der Waals surface area contributed by atoms with Crippen molar-refractivity contribution in [2.75, 3.05) is 19.8 Å². The van der Waals surface area contributed by atoms with Gasteiger partial charge in [0.2, 0.25) is 5.56 Å². The highest BCUT2D eigenvalue weighted by Gasteiger charge is 2.15. The molecule has 0 bridgehead atoms. The molecule has 2 heterocycles. The maximum Gasteiger partial charge on any atom is 0.267 e. The summed E-state index contributed by atoms with van der Waals surface area (Å²) in [5, 5.41) is 2.79. The molecular formula is C12H16N2O3. The molecule has 2 rings (SSSR count). The van der Waals surface area contributed by atoms with E-state index in [0.29, 0.717) is 18.2 Å². The Balaban J connectivity index is 1.79. The summed E-state index contributed by atoms with van der Waals surface area (Å²) in [5.74, 6) is 0.312. The number of aromatic nitrogens is 1. The minimum absolute atomic E-state index is 0.235. The second-order valence-corrected chi connectivity index (χ2v) is 4.20. The van der Waals surface area contributed by atoms with Gasteiger partial charge in [-0.25, -0.2) is 0 Å². The van der Waals surface area contributed by atoms with Crippen molar-refractivity contribution in [2.45, 2.75) is 12.8 Å². The molecule has 1 aliphatic rings. The molecule has 1 aromatic heterocycles. The molecule has 1 amide bonds. The van der Waals surface area contributed by atoms with Gasteiger partial charge in [0, 0.05) is 25.8 Å². The average molecular weight is 236 g/mol. The monoisotopic (exact) mass is 236 g/mol. The number of carbonyl (C=O) groups is 1. The molecule has 0 saturated carbocycles. The van der Waals surface area contributed by atoms with Crippen molar-refractivity contribution >= 4 is 5.91 Å². The maximum atomic E-state index is 11.7. The highest BCUT2D eigenvalue weighted by Crippen LogP contribution is 2.15. The first kappa shape index (κ1) is 11.9. The lowest BCUT2D eigenvalue weighted by atomic mass is 10.1. The molecule has 5 nitrogen and oxygen atoms in total. The largest absolute Gasteiger partial charge is 0.381 e. The van der Waals surface area contributed by atoms with Crippen molar-refractivity contribution in [3.8, 4) is 0 Å².